The lowest BCUT2D eigenvalue weighted by Crippen LogP contribution is -2.45. The predicted octanol–water partition coefficient (Wildman–Crippen LogP) is 2.26. The molecule has 1 saturated heterocycles. The van der Waals surface area contributed by atoms with Crippen LogP contribution in [0.5, 0.6) is 5.75 Å². The monoisotopic (exact) mass is 291 g/mol. The standard InChI is InChI=1S/C16H21NO4/c1-11-9-13(18)6-7-14(11)16(20)17-8-4-3-5-12(17)10-15(19)21-2/h6-7,9,12,18H,3-5,8,10H2,1-2H3. The van der Waals surface area contributed by atoms with Crippen molar-refractivity contribution in [3.63, 3.8) is 0 Å². The van der Waals surface area contributed by atoms with E-state index < -0.39 is 0 Å². The Labute approximate surface area is 124 Å². The van der Waals surface area contributed by atoms with E-state index in [9.17, 15) is 14.7 Å². The molecule has 1 aromatic carbocycles. The van der Waals surface area contributed by atoms with Gasteiger partial charge in [-0.25, -0.2) is 0 Å². The van der Waals surface area contributed by atoms with Crippen LogP contribution in [-0.2, 0) is 9.53 Å². The summed E-state index contributed by atoms with van der Waals surface area (Å²) in [7, 11) is 1.36. The predicted molar refractivity (Wildman–Crippen MR) is 78.2 cm³/mol. The summed E-state index contributed by atoms with van der Waals surface area (Å²) in [5.41, 5.74) is 1.31. The second-order valence-corrected chi connectivity index (χ2v) is 5.43. The maximum absolute atomic E-state index is 12.7. The molecule has 1 heterocycles. The highest BCUT2D eigenvalue weighted by molar-refractivity contribution is 5.96. The summed E-state index contributed by atoms with van der Waals surface area (Å²) in [6.07, 6.45) is 3.01. The molecule has 1 aromatic rings. The van der Waals surface area contributed by atoms with Crippen LogP contribution in [0.3, 0.4) is 0 Å². The lowest BCUT2D eigenvalue weighted by molar-refractivity contribution is -0.142. The van der Waals surface area contributed by atoms with Crippen LogP contribution in [0.1, 0.15) is 41.6 Å². The molecule has 0 spiro atoms. The number of ether oxygens (including phenoxy) is 1. The summed E-state index contributed by atoms with van der Waals surface area (Å²) in [5, 5.41) is 9.45. The number of rotatable bonds is 3. The number of likely N-dealkylation sites (tertiary alicyclic amines) is 1. The molecule has 21 heavy (non-hydrogen) atoms. The molecule has 5 nitrogen and oxygen atoms in total. The van der Waals surface area contributed by atoms with Crippen molar-refractivity contribution < 1.29 is 19.4 Å². The highest BCUT2D eigenvalue weighted by atomic mass is 16.5. The van der Waals surface area contributed by atoms with E-state index in [2.05, 4.69) is 0 Å². The minimum absolute atomic E-state index is 0.0823. The maximum Gasteiger partial charge on any atom is 0.307 e. The van der Waals surface area contributed by atoms with Gasteiger partial charge in [-0.05, 0) is 49.9 Å². The fourth-order valence-corrected chi connectivity index (χ4v) is 2.80. The van der Waals surface area contributed by atoms with Crippen molar-refractivity contribution in [2.75, 3.05) is 13.7 Å². The van der Waals surface area contributed by atoms with Gasteiger partial charge in [-0.2, -0.15) is 0 Å². The molecule has 1 fully saturated rings. The first-order valence-electron chi connectivity index (χ1n) is 7.20. The number of amides is 1. The number of aromatic hydroxyl groups is 1. The van der Waals surface area contributed by atoms with Crippen molar-refractivity contribution >= 4 is 11.9 Å². The molecule has 1 amide bonds. The van der Waals surface area contributed by atoms with Crippen molar-refractivity contribution in [1.29, 1.82) is 0 Å². The second kappa shape index (κ2) is 6.61. The van der Waals surface area contributed by atoms with E-state index in [1.54, 1.807) is 24.0 Å². The fraction of sp³-hybridized carbons (Fsp3) is 0.500. The molecule has 1 aliphatic rings. The number of esters is 1. The summed E-state index contributed by atoms with van der Waals surface area (Å²) in [5.74, 6) is -0.225. The van der Waals surface area contributed by atoms with Crippen LogP contribution < -0.4 is 0 Å². The molecule has 0 aliphatic carbocycles. The molecular formula is C16H21NO4. The van der Waals surface area contributed by atoms with Gasteiger partial charge < -0.3 is 14.7 Å². The third-order valence-corrected chi connectivity index (χ3v) is 3.96. The molecule has 1 N–H and O–H groups in total. The number of phenolic OH excluding ortho intramolecular Hbond substituents is 1. The van der Waals surface area contributed by atoms with Crippen molar-refractivity contribution in [3.05, 3.63) is 29.3 Å². The molecule has 2 rings (SSSR count). The van der Waals surface area contributed by atoms with Gasteiger partial charge >= 0.3 is 5.97 Å². The average Bonchev–Trinajstić information content (AvgIpc) is 2.47. The minimum Gasteiger partial charge on any atom is -0.508 e. The molecule has 0 radical (unpaired) electrons. The highest BCUT2D eigenvalue weighted by Crippen LogP contribution is 2.24. The van der Waals surface area contributed by atoms with Crippen LogP contribution in [0.25, 0.3) is 0 Å². The molecule has 1 atom stereocenters. The molecule has 0 aromatic heterocycles. The normalized spacial score (nSPS) is 18.4. The van der Waals surface area contributed by atoms with Gasteiger partial charge in [0.15, 0.2) is 0 Å². The number of piperidine rings is 1. The Morgan fingerprint density at radius 1 is 1.38 bits per heavy atom. The minimum atomic E-state index is -0.290. The molecule has 114 valence electrons. The zero-order valence-corrected chi connectivity index (χ0v) is 12.5. The van der Waals surface area contributed by atoms with Gasteiger partial charge in [-0.1, -0.05) is 0 Å². The van der Waals surface area contributed by atoms with Crippen LogP contribution in [0.4, 0.5) is 0 Å². The van der Waals surface area contributed by atoms with Gasteiger partial charge in [0.25, 0.3) is 5.91 Å². The fourth-order valence-electron chi connectivity index (χ4n) is 2.80. The topological polar surface area (TPSA) is 66.8 Å². The van der Waals surface area contributed by atoms with Crippen LogP contribution in [0.15, 0.2) is 18.2 Å². The van der Waals surface area contributed by atoms with E-state index in [4.69, 9.17) is 4.74 Å². The highest BCUT2D eigenvalue weighted by Gasteiger charge is 2.30. The Kier molecular flexibility index (Phi) is 4.83. The summed E-state index contributed by atoms with van der Waals surface area (Å²) < 4.78 is 4.72. The zero-order chi connectivity index (χ0) is 15.4. The first-order valence-corrected chi connectivity index (χ1v) is 7.20. The van der Waals surface area contributed by atoms with E-state index in [0.29, 0.717) is 12.1 Å². The summed E-state index contributed by atoms with van der Waals surface area (Å²) >= 11 is 0. The molecule has 1 unspecified atom stereocenters. The number of benzene rings is 1. The van der Waals surface area contributed by atoms with Crippen molar-refractivity contribution in [2.24, 2.45) is 0 Å². The van der Waals surface area contributed by atoms with Crippen molar-refractivity contribution in [1.82, 2.24) is 4.90 Å². The molecule has 1 aliphatic heterocycles. The van der Waals surface area contributed by atoms with Crippen LogP contribution in [0, 0.1) is 6.92 Å². The molecule has 0 bridgehead atoms. The number of methoxy groups -OCH3 is 1. The number of carbonyl (C=O) groups is 2. The molecule has 5 heteroatoms. The van der Waals surface area contributed by atoms with Crippen LogP contribution >= 0.6 is 0 Å². The number of nitrogens with zero attached hydrogens (tertiary/aromatic N) is 1. The SMILES string of the molecule is COC(=O)CC1CCCCN1C(=O)c1ccc(O)cc1C. The lowest BCUT2D eigenvalue weighted by Gasteiger charge is -2.35. The Morgan fingerprint density at radius 3 is 2.81 bits per heavy atom. The largest absolute Gasteiger partial charge is 0.508 e. The number of hydrogen-bond donors (Lipinski definition) is 1. The first kappa shape index (κ1) is 15.4. The van der Waals surface area contributed by atoms with Crippen molar-refractivity contribution in [3.8, 4) is 5.75 Å². The zero-order valence-electron chi connectivity index (χ0n) is 12.5. The summed E-state index contributed by atoms with van der Waals surface area (Å²) in [4.78, 5) is 26.0. The van der Waals surface area contributed by atoms with Gasteiger partial charge in [0, 0.05) is 18.2 Å². The van der Waals surface area contributed by atoms with Gasteiger partial charge in [0.1, 0.15) is 5.75 Å². The van der Waals surface area contributed by atoms with Crippen LogP contribution in [-0.4, -0.2) is 41.6 Å². The number of hydrogen-bond acceptors (Lipinski definition) is 4. The Hall–Kier alpha value is -2.04. The van der Waals surface area contributed by atoms with E-state index in [1.807, 2.05) is 0 Å². The third-order valence-electron chi connectivity index (χ3n) is 3.96. The molecule has 0 saturated carbocycles. The van der Waals surface area contributed by atoms with E-state index in [1.165, 1.54) is 13.2 Å². The Bertz CT molecular complexity index is 541. The quantitative estimate of drug-likeness (QED) is 0.867. The summed E-state index contributed by atoms with van der Waals surface area (Å²) in [6.45, 7) is 2.45. The van der Waals surface area contributed by atoms with Gasteiger partial charge in [-0.3, -0.25) is 9.59 Å². The number of phenols is 1. The Morgan fingerprint density at radius 2 is 2.14 bits per heavy atom. The maximum atomic E-state index is 12.7. The van der Waals surface area contributed by atoms with Crippen molar-refractivity contribution in [2.45, 2.75) is 38.6 Å². The molecular weight excluding hydrogens is 270 g/mol. The second-order valence-electron chi connectivity index (χ2n) is 5.43. The smallest absolute Gasteiger partial charge is 0.307 e. The van der Waals surface area contributed by atoms with Gasteiger partial charge in [0.05, 0.1) is 13.5 Å². The van der Waals surface area contributed by atoms with Gasteiger partial charge in [0.2, 0.25) is 0 Å². The number of aryl methyl sites for hydroxylation is 1. The lowest BCUT2D eigenvalue weighted by atomic mass is 9.97. The number of carbonyl (C=O) groups excluding carboxylic acids is 2. The average molecular weight is 291 g/mol. The van der Waals surface area contributed by atoms with E-state index >= 15 is 0 Å². The third kappa shape index (κ3) is 3.54. The first-order chi connectivity index (χ1) is 10.0. The van der Waals surface area contributed by atoms with Crippen LogP contribution in [0.2, 0.25) is 0 Å². The van der Waals surface area contributed by atoms with E-state index in [0.717, 1.165) is 24.8 Å². The van der Waals surface area contributed by atoms with E-state index in [-0.39, 0.29) is 30.1 Å². The Balaban J connectivity index is 2.20. The van der Waals surface area contributed by atoms with Gasteiger partial charge in [-0.15, -0.1) is 0 Å². The summed E-state index contributed by atoms with van der Waals surface area (Å²) in [6, 6.07) is 4.62.